The molecule has 3 N–H and O–H groups in total. The van der Waals surface area contributed by atoms with Crippen molar-refractivity contribution in [3.63, 3.8) is 0 Å². The molecule has 0 spiro atoms. The Kier molecular flexibility index (Phi) is 7.47. The molecule has 0 radical (unpaired) electrons. The minimum absolute atomic E-state index is 0.561. The lowest BCUT2D eigenvalue weighted by atomic mass is 10.1. The summed E-state index contributed by atoms with van der Waals surface area (Å²) in [6.07, 6.45) is 4.34. The van der Waals surface area contributed by atoms with E-state index >= 15 is 0 Å². The monoisotopic (exact) mass is 263 g/mol. The first kappa shape index (κ1) is 15.3. The molecule has 0 aliphatic carbocycles. The number of benzene rings is 1. The topological polar surface area (TPSA) is 59.6 Å². The van der Waals surface area contributed by atoms with E-state index in [2.05, 4.69) is 29.4 Å². The molecular formula is C15H25N3O. The van der Waals surface area contributed by atoms with Crippen LogP contribution in [0.3, 0.4) is 0 Å². The second kappa shape index (κ2) is 9.25. The zero-order valence-electron chi connectivity index (χ0n) is 12.0. The molecule has 0 aromatic heterocycles. The summed E-state index contributed by atoms with van der Waals surface area (Å²) in [5.41, 5.74) is 7.05. The van der Waals surface area contributed by atoms with Gasteiger partial charge in [-0.05, 0) is 43.4 Å². The van der Waals surface area contributed by atoms with E-state index in [1.807, 2.05) is 12.1 Å². The van der Waals surface area contributed by atoms with Crippen molar-refractivity contribution in [2.24, 2.45) is 10.7 Å². The van der Waals surface area contributed by atoms with Crippen molar-refractivity contribution < 1.29 is 4.74 Å². The number of aliphatic imine (C=N–C) groups is 1. The van der Waals surface area contributed by atoms with Crippen LogP contribution in [0.25, 0.3) is 0 Å². The summed E-state index contributed by atoms with van der Waals surface area (Å²) in [5.74, 6) is 1.47. The SMILES string of the molecule is CCCN=C(N)NCCCCc1ccc(OC)cc1. The molecule has 1 aromatic carbocycles. The highest BCUT2D eigenvalue weighted by atomic mass is 16.5. The number of methoxy groups -OCH3 is 1. The number of aryl methyl sites for hydroxylation is 1. The van der Waals surface area contributed by atoms with Crippen LogP contribution in [-0.2, 0) is 6.42 Å². The van der Waals surface area contributed by atoms with Gasteiger partial charge in [-0.25, -0.2) is 0 Å². The number of hydrogen-bond donors (Lipinski definition) is 2. The molecule has 1 aromatic rings. The lowest BCUT2D eigenvalue weighted by Gasteiger charge is -2.06. The van der Waals surface area contributed by atoms with Crippen molar-refractivity contribution in [2.75, 3.05) is 20.2 Å². The second-order valence-corrected chi connectivity index (χ2v) is 4.50. The van der Waals surface area contributed by atoms with Crippen LogP contribution in [0.15, 0.2) is 29.3 Å². The van der Waals surface area contributed by atoms with Gasteiger partial charge in [0.25, 0.3) is 0 Å². The summed E-state index contributed by atoms with van der Waals surface area (Å²) in [4.78, 5) is 4.19. The molecule has 0 bridgehead atoms. The van der Waals surface area contributed by atoms with Gasteiger partial charge in [0.1, 0.15) is 5.75 Å². The highest BCUT2D eigenvalue weighted by Crippen LogP contribution is 2.12. The summed E-state index contributed by atoms with van der Waals surface area (Å²) in [6, 6.07) is 8.23. The van der Waals surface area contributed by atoms with E-state index in [9.17, 15) is 0 Å². The van der Waals surface area contributed by atoms with E-state index in [0.29, 0.717) is 5.96 Å². The van der Waals surface area contributed by atoms with Gasteiger partial charge >= 0.3 is 0 Å². The Morgan fingerprint density at radius 1 is 1.26 bits per heavy atom. The van der Waals surface area contributed by atoms with Crippen LogP contribution in [0.4, 0.5) is 0 Å². The Morgan fingerprint density at radius 2 is 2.00 bits per heavy atom. The number of rotatable bonds is 8. The Bertz CT molecular complexity index is 373. The molecule has 106 valence electrons. The Balaban J connectivity index is 2.13. The van der Waals surface area contributed by atoms with Crippen molar-refractivity contribution in [2.45, 2.75) is 32.6 Å². The van der Waals surface area contributed by atoms with Gasteiger partial charge in [-0.3, -0.25) is 4.99 Å². The molecule has 0 unspecified atom stereocenters. The smallest absolute Gasteiger partial charge is 0.188 e. The maximum Gasteiger partial charge on any atom is 0.188 e. The molecule has 0 fully saturated rings. The highest BCUT2D eigenvalue weighted by Gasteiger charge is 1.96. The normalized spacial score (nSPS) is 11.4. The number of nitrogens with two attached hydrogens (primary N) is 1. The molecule has 0 heterocycles. The minimum Gasteiger partial charge on any atom is -0.497 e. The van der Waals surface area contributed by atoms with Gasteiger partial charge in [-0.2, -0.15) is 0 Å². The third kappa shape index (κ3) is 6.70. The summed E-state index contributed by atoms with van der Waals surface area (Å²) < 4.78 is 5.13. The molecule has 0 amide bonds. The largest absolute Gasteiger partial charge is 0.497 e. The summed E-state index contributed by atoms with van der Waals surface area (Å²) in [7, 11) is 1.69. The fourth-order valence-corrected chi connectivity index (χ4v) is 1.75. The van der Waals surface area contributed by atoms with Gasteiger partial charge in [0.05, 0.1) is 7.11 Å². The molecular weight excluding hydrogens is 238 g/mol. The van der Waals surface area contributed by atoms with Gasteiger partial charge < -0.3 is 15.8 Å². The first-order chi connectivity index (χ1) is 9.26. The van der Waals surface area contributed by atoms with E-state index in [-0.39, 0.29) is 0 Å². The standard InChI is InChI=1S/C15H25N3O/c1-3-11-17-15(16)18-12-5-4-6-13-7-9-14(19-2)10-8-13/h7-10H,3-6,11-12H2,1-2H3,(H3,16,17,18). The van der Waals surface area contributed by atoms with Crippen LogP contribution in [0, 0.1) is 0 Å². The van der Waals surface area contributed by atoms with Gasteiger partial charge in [0, 0.05) is 13.1 Å². The zero-order chi connectivity index (χ0) is 13.9. The van der Waals surface area contributed by atoms with Crippen LogP contribution < -0.4 is 15.8 Å². The highest BCUT2D eigenvalue weighted by molar-refractivity contribution is 5.77. The predicted molar refractivity (Wildman–Crippen MR) is 80.7 cm³/mol. The van der Waals surface area contributed by atoms with Crippen molar-refractivity contribution in [1.29, 1.82) is 0 Å². The number of hydrogen-bond acceptors (Lipinski definition) is 2. The van der Waals surface area contributed by atoms with Gasteiger partial charge in [-0.15, -0.1) is 0 Å². The van der Waals surface area contributed by atoms with E-state index in [0.717, 1.165) is 44.5 Å². The quantitative estimate of drug-likeness (QED) is 0.430. The fraction of sp³-hybridized carbons (Fsp3) is 0.533. The van der Waals surface area contributed by atoms with Crippen molar-refractivity contribution in [1.82, 2.24) is 5.32 Å². The molecule has 1 rings (SSSR count). The minimum atomic E-state index is 0.561. The number of guanidine groups is 1. The van der Waals surface area contributed by atoms with E-state index in [4.69, 9.17) is 10.5 Å². The van der Waals surface area contributed by atoms with Crippen LogP contribution >= 0.6 is 0 Å². The van der Waals surface area contributed by atoms with Crippen molar-refractivity contribution in [3.05, 3.63) is 29.8 Å². The number of unbranched alkanes of at least 4 members (excludes halogenated alkanes) is 1. The summed E-state index contributed by atoms with van der Waals surface area (Å²) >= 11 is 0. The van der Waals surface area contributed by atoms with Crippen molar-refractivity contribution in [3.8, 4) is 5.75 Å². The molecule has 19 heavy (non-hydrogen) atoms. The number of nitrogens with zero attached hydrogens (tertiary/aromatic N) is 1. The Hall–Kier alpha value is -1.71. The molecule has 0 saturated carbocycles. The van der Waals surface area contributed by atoms with Gasteiger partial charge in [0.15, 0.2) is 5.96 Å². The molecule has 4 nitrogen and oxygen atoms in total. The predicted octanol–water partition coefficient (Wildman–Crippen LogP) is 2.33. The van der Waals surface area contributed by atoms with E-state index < -0.39 is 0 Å². The van der Waals surface area contributed by atoms with Gasteiger partial charge in [-0.1, -0.05) is 19.1 Å². The maximum absolute atomic E-state index is 5.71. The molecule has 4 heteroatoms. The molecule has 0 saturated heterocycles. The zero-order valence-corrected chi connectivity index (χ0v) is 12.0. The first-order valence-electron chi connectivity index (χ1n) is 6.93. The molecule has 0 atom stereocenters. The van der Waals surface area contributed by atoms with Crippen LogP contribution in [0.1, 0.15) is 31.7 Å². The van der Waals surface area contributed by atoms with Crippen LogP contribution in [-0.4, -0.2) is 26.2 Å². The van der Waals surface area contributed by atoms with Crippen molar-refractivity contribution >= 4 is 5.96 Å². The summed E-state index contributed by atoms with van der Waals surface area (Å²) in [5, 5.41) is 3.13. The summed E-state index contributed by atoms with van der Waals surface area (Å²) in [6.45, 7) is 3.77. The average Bonchev–Trinajstić information content (AvgIpc) is 2.45. The Morgan fingerprint density at radius 3 is 2.63 bits per heavy atom. The van der Waals surface area contributed by atoms with Gasteiger partial charge in [0.2, 0.25) is 0 Å². The first-order valence-corrected chi connectivity index (χ1v) is 6.93. The number of nitrogens with one attached hydrogen (secondary N) is 1. The van der Waals surface area contributed by atoms with Crippen LogP contribution in [0.5, 0.6) is 5.75 Å². The van der Waals surface area contributed by atoms with Crippen LogP contribution in [0.2, 0.25) is 0 Å². The number of ether oxygens (including phenoxy) is 1. The van der Waals surface area contributed by atoms with E-state index in [1.165, 1.54) is 5.56 Å². The fourth-order valence-electron chi connectivity index (χ4n) is 1.75. The lowest BCUT2D eigenvalue weighted by Crippen LogP contribution is -2.32. The lowest BCUT2D eigenvalue weighted by molar-refractivity contribution is 0.414. The average molecular weight is 263 g/mol. The third-order valence-corrected chi connectivity index (χ3v) is 2.86. The molecule has 0 aliphatic heterocycles. The maximum atomic E-state index is 5.71. The second-order valence-electron chi connectivity index (χ2n) is 4.50. The third-order valence-electron chi connectivity index (χ3n) is 2.86. The van der Waals surface area contributed by atoms with E-state index in [1.54, 1.807) is 7.11 Å². The Labute approximate surface area is 116 Å². The molecule has 0 aliphatic rings.